The number of amides is 1. The van der Waals surface area contributed by atoms with Crippen LogP contribution in [-0.4, -0.2) is 18.0 Å². The van der Waals surface area contributed by atoms with E-state index in [4.69, 9.17) is 15.2 Å². The molecule has 0 unspecified atom stereocenters. The zero-order valence-corrected chi connectivity index (χ0v) is 14.3. The van der Waals surface area contributed by atoms with Crippen LogP contribution in [0.25, 0.3) is 0 Å². The van der Waals surface area contributed by atoms with Gasteiger partial charge in [0.15, 0.2) is 0 Å². The lowest BCUT2D eigenvalue weighted by atomic mass is 10.1. The third-order valence-corrected chi connectivity index (χ3v) is 3.71. The number of nitrogens with one attached hydrogen (secondary N) is 1. The first-order chi connectivity index (χ1) is 12.7. The molecule has 3 aromatic rings. The fourth-order valence-electron chi connectivity index (χ4n) is 2.33. The number of nitrogens with zero attached hydrogens (tertiary/aromatic N) is 1. The largest absolute Gasteiger partial charge is 0.497 e. The third kappa shape index (κ3) is 4.37. The monoisotopic (exact) mass is 349 g/mol. The van der Waals surface area contributed by atoms with Crippen LogP contribution in [0, 0.1) is 0 Å². The Morgan fingerprint density at radius 2 is 1.81 bits per heavy atom. The van der Waals surface area contributed by atoms with Crippen molar-refractivity contribution in [3.05, 3.63) is 78.5 Å². The summed E-state index contributed by atoms with van der Waals surface area (Å²) in [5.74, 6) is 1.41. The molecule has 6 heteroatoms. The molecule has 1 aromatic heterocycles. The van der Waals surface area contributed by atoms with Crippen molar-refractivity contribution in [3.8, 4) is 17.4 Å². The quantitative estimate of drug-likeness (QED) is 0.711. The van der Waals surface area contributed by atoms with Gasteiger partial charge < -0.3 is 20.5 Å². The van der Waals surface area contributed by atoms with E-state index in [0.717, 1.165) is 5.56 Å². The number of benzene rings is 2. The Labute approximate surface area is 151 Å². The first-order valence-electron chi connectivity index (χ1n) is 8.05. The van der Waals surface area contributed by atoms with Crippen molar-refractivity contribution in [1.29, 1.82) is 0 Å². The first-order valence-corrected chi connectivity index (χ1v) is 8.05. The highest BCUT2D eigenvalue weighted by molar-refractivity contribution is 5.95. The van der Waals surface area contributed by atoms with E-state index in [2.05, 4.69) is 10.3 Å². The van der Waals surface area contributed by atoms with Crippen molar-refractivity contribution in [2.45, 2.75) is 6.04 Å². The minimum atomic E-state index is -0.746. The number of anilines is 1. The maximum atomic E-state index is 12.3. The van der Waals surface area contributed by atoms with Crippen molar-refractivity contribution < 1.29 is 14.3 Å². The van der Waals surface area contributed by atoms with E-state index in [1.807, 2.05) is 42.5 Å². The summed E-state index contributed by atoms with van der Waals surface area (Å²) in [7, 11) is 1.59. The standard InChI is InChI=1S/C20H19N3O3/c1-25-16-8-5-9-17(12-16)26-18-11-10-15(13-22-18)23-20(24)19(21)14-6-3-2-4-7-14/h2-13,19H,21H2,1H3,(H,23,24)/t19-/m1/s1. The molecule has 1 atom stereocenters. The number of nitrogens with two attached hydrogens (primary N) is 1. The van der Waals surface area contributed by atoms with Crippen LogP contribution >= 0.6 is 0 Å². The summed E-state index contributed by atoms with van der Waals surface area (Å²) in [6.07, 6.45) is 1.52. The molecular weight excluding hydrogens is 330 g/mol. The molecule has 1 heterocycles. The number of ether oxygens (including phenoxy) is 2. The maximum Gasteiger partial charge on any atom is 0.245 e. The van der Waals surface area contributed by atoms with Crippen LogP contribution in [0.5, 0.6) is 17.4 Å². The summed E-state index contributed by atoms with van der Waals surface area (Å²) in [6.45, 7) is 0. The second-order valence-corrected chi connectivity index (χ2v) is 5.54. The van der Waals surface area contributed by atoms with Crippen molar-refractivity contribution in [3.63, 3.8) is 0 Å². The molecule has 0 aliphatic carbocycles. The van der Waals surface area contributed by atoms with Gasteiger partial charge in [-0.15, -0.1) is 0 Å². The number of hydrogen-bond donors (Lipinski definition) is 2. The Balaban J connectivity index is 1.63. The molecule has 0 fully saturated rings. The van der Waals surface area contributed by atoms with Gasteiger partial charge in [0.25, 0.3) is 0 Å². The van der Waals surface area contributed by atoms with Crippen LogP contribution in [0.1, 0.15) is 11.6 Å². The molecule has 0 bridgehead atoms. The minimum Gasteiger partial charge on any atom is -0.497 e. The lowest BCUT2D eigenvalue weighted by molar-refractivity contribution is -0.117. The molecule has 3 N–H and O–H groups in total. The van der Waals surface area contributed by atoms with E-state index in [0.29, 0.717) is 23.1 Å². The van der Waals surface area contributed by atoms with E-state index in [1.165, 1.54) is 6.20 Å². The summed E-state index contributed by atoms with van der Waals surface area (Å²) >= 11 is 0. The predicted molar refractivity (Wildman–Crippen MR) is 99.3 cm³/mol. The first kappa shape index (κ1) is 17.4. The van der Waals surface area contributed by atoms with Gasteiger partial charge in [0.05, 0.1) is 19.0 Å². The zero-order chi connectivity index (χ0) is 18.4. The number of pyridine rings is 1. The summed E-state index contributed by atoms with van der Waals surface area (Å²) in [5, 5.41) is 2.75. The number of hydrogen-bond acceptors (Lipinski definition) is 5. The molecule has 26 heavy (non-hydrogen) atoms. The second-order valence-electron chi connectivity index (χ2n) is 5.54. The topological polar surface area (TPSA) is 86.5 Å². The number of rotatable bonds is 6. The normalized spacial score (nSPS) is 11.5. The van der Waals surface area contributed by atoms with Gasteiger partial charge in [-0.05, 0) is 23.8 Å². The molecule has 1 amide bonds. The van der Waals surface area contributed by atoms with Crippen LogP contribution in [0.15, 0.2) is 72.9 Å². The van der Waals surface area contributed by atoms with Gasteiger partial charge in [-0.25, -0.2) is 4.98 Å². The van der Waals surface area contributed by atoms with Crippen molar-refractivity contribution in [2.24, 2.45) is 5.73 Å². The van der Waals surface area contributed by atoms with E-state index in [-0.39, 0.29) is 5.91 Å². The average Bonchev–Trinajstić information content (AvgIpc) is 2.69. The lowest BCUT2D eigenvalue weighted by Crippen LogP contribution is -2.27. The smallest absolute Gasteiger partial charge is 0.245 e. The Hall–Kier alpha value is -3.38. The molecule has 6 nitrogen and oxygen atoms in total. The Bertz CT molecular complexity index is 867. The van der Waals surface area contributed by atoms with Crippen molar-refractivity contribution in [2.75, 3.05) is 12.4 Å². The summed E-state index contributed by atoms with van der Waals surface area (Å²) in [6, 6.07) is 19.0. The SMILES string of the molecule is COc1cccc(Oc2ccc(NC(=O)[C@H](N)c3ccccc3)cn2)c1. The fraction of sp³-hybridized carbons (Fsp3) is 0.100. The van der Waals surface area contributed by atoms with Gasteiger partial charge >= 0.3 is 0 Å². The number of methoxy groups -OCH3 is 1. The van der Waals surface area contributed by atoms with E-state index >= 15 is 0 Å². The molecule has 0 saturated heterocycles. The predicted octanol–water partition coefficient (Wildman–Crippen LogP) is 3.52. The molecule has 0 aliphatic rings. The van der Waals surface area contributed by atoms with E-state index in [1.54, 1.807) is 31.4 Å². The number of carbonyl (C=O) groups is 1. The van der Waals surface area contributed by atoms with Gasteiger partial charge in [-0.2, -0.15) is 0 Å². The van der Waals surface area contributed by atoms with Crippen LogP contribution in [0.4, 0.5) is 5.69 Å². The highest BCUT2D eigenvalue weighted by Crippen LogP contribution is 2.24. The van der Waals surface area contributed by atoms with Gasteiger partial charge in [-0.3, -0.25) is 4.79 Å². The highest BCUT2D eigenvalue weighted by Gasteiger charge is 2.15. The molecule has 0 aliphatic heterocycles. The van der Waals surface area contributed by atoms with Gasteiger partial charge in [0, 0.05) is 12.1 Å². The molecule has 0 saturated carbocycles. The number of aromatic nitrogens is 1. The molecular formula is C20H19N3O3. The number of carbonyl (C=O) groups excluding carboxylic acids is 1. The average molecular weight is 349 g/mol. The van der Waals surface area contributed by atoms with Crippen molar-refractivity contribution in [1.82, 2.24) is 4.98 Å². The van der Waals surface area contributed by atoms with Crippen LogP contribution in [0.3, 0.4) is 0 Å². The van der Waals surface area contributed by atoms with Gasteiger partial charge in [0.2, 0.25) is 11.8 Å². The van der Waals surface area contributed by atoms with Crippen LogP contribution in [0.2, 0.25) is 0 Å². The molecule has 132 valence electrons. The van der Waals surface area contributed by atoms with Gasteiger partial charge in [0.1, 0.15) is 17.5 Å². The second kappa shape index (κ2) is 8.13. The Morgan fingerprint density at radius 1 is 1.04 bits per heavy atom. The molecule has 0 spiro atoms. The Kier molecular flexibility index (Phi) is 5.46. The van der Waals surface area contributed by atoms with Crippen LogP contribution < -0.4 is 20.5 Å². The molecule has 3 rings (SSSR count). The van der Waals surface area contributed by atoms with Gasteiger partial charge in [-0.1, -0.05) is 36.4 Å². The fourth-order valence-corrected chi connectivity index (χ4v) is 2.33. The van der Waals surface area contributed by atoms with E-state index < -0.39 is 6.04 Å². The lowest BCUT2D eigenvalue weighted by Gasteiger charge is -2.12. The van der Waals surface area contributed by atoms with Crippen molar-refractivity contribution >= 4 is 11.6 Å². The van der Waals surface area contributed by atoms with E-state index in [9.17, 15) is 4.79 Å². The highest BCUT2D eigenvalue weighted by atomic mass is 16.5. The Morgan fingerprint density at radius 3 is 2.50 bits per heavy atom. The van der Waals surface area contributed by atoms with Crippen LogP contribution in [-0.2, 0) is 4.79 Å². The molecule has 2 aromatic carbocycles. The maximum absolute atomic E-state index is 12.3. The molecule has 0 radical (unpaired) electrons. The zero-order valence-electron chi connectivity index (χ0n) is 14.3. The summed E-state index contributed by atoms with van der Waals surface area (Å²) in [5.41, 5.74) is 7.26. The summed E-state index contributed by atoms with van der Waals surface area (Å²) in [4.78, 5) is 16.4. The third-order valence-electron chi connectivity index (χ3n) is 3.71. The minimum absolute atomic E-state index is 0.306. The summed E-state index contributed by atoms with van der Waals surface area (Å²) < 4.78 is 10.8.